The lowest BCUT2D eigenvalue weighted by Crippen LogP contribution is -2.48. The number of nitrogens with one attached hydrogen (secondary N) is 2. The van der Waals surface area contributed by atoms with Gasteiger partial charge in [-0.25, -0.2) is 0 Å². The molecule has 5 nitrogen and oxygen atoms in total. The van der Waals surface area contributed by atoms with Gasteiger partial charge in [0.05, 0.1) is 5.69 Å². The highest BCUT2D eigenvalue weighted by Crippen LogP contribution is 2.18. The van der Waals surface area contributed by atoms with Crippen molar-refractivity contribution in [1.82, 2.24) is 10.2 Å². The summed E-state index contributed by atoms with van der Waals surface area (Å²) in [5, 5.41) is 9.95. The summed E-state index contributed by atoms with van der Waals surface area (Å²) in [6.07, 6.45) is 0. The summed E-state index contributed by atoms with van der Waals surface area (Å²) in [5.41, 5.74) is 3.90. The molecule has 2 aromatic carbocycles. The van der Waals surface area contributed by atoms with Gasteiger partial charge in [0.25, 0.3) is 0 Å². The van der Waals surface area contributed by atoms with Gasteiger partial charge in [-0.3, -0.25) is 10.2 Å². The molecule has 2 N–H and O–H groups in total. The van der Waals surface area contributed by atoms with Crippen molar-refractivity contribution in [1.29, 1.82) is 0 Å². The zero-order valence-electron chi connectivity index (χ0n) is 12.7. The molecule has 22 heavy (non-hydrogen) atoms. The number of ketones is 1. The zero-order chi connectivity index (χ0) is 15.4. The van der Waals surface area contributed by atoms with Crippen LogP contribution >= 0.6 is 0 Å². The van der Waals surface area contributed by atoms with Crippen LogP contribution in [0.4, 0.5) is 5.69 Å². The molecular formula is C17H20N4O. The maximum atomic E-state index is 11.8. The van der Waals surface area contributed by atoms with Crippen LogP contribution in [-0.2, 0) is 4.79 Å². The fourth-order valence-corrected chi connectivity index (χ4v) is 2.63. The molecule has 0 bridgehead atoms. The van der Waals surface area contributed by atoms with Gasteiger partial charge in [-0.2, -0.15) is 5.10 Å². The van der Waals surface area contributed by atoms with Gasteiger partial charge < -0.3 is 10.2 Å². The quantitative estimate of drug-likeness (QED) is 0.517. The Kier molecular flexibility index (Phi) is 4.34. The Hall–Kier alpha value is -2.40. The van der Waals surface area contributed by atoms with E-state index in [4.69, 9.17) is 0 Å². The normalized spacial score (nSPS) is 15.9. The summed E-state index contributed by atoms with van der Waals surface area (Å²) in [6, 6.07) is 14.2. The Balaban J connectivity index is 1.80. The number of anilines is 1. The summed E-state index contributed by atoms with van der Waals surface area (Å²) in [5.74, 6) is 0.477. The van der Waals surface area contributed by atoms with Gasteiger partial charge in [-0.05, 0) is 22.9 Å². The lowest BCUT2D eigenvalue weighted by atomic mass is 10.1. The maximum Gasteiger partial charge on any atom is 0.196 e. The van der Waals surface area contributed by atoms with E-state index in [0.717, 1.165) is 37.3 Å². The molecule has 0 aromatic heterocycles. The van der Waals surface area contributed by atoms with Gasteiger partial charge in [0.15, 0.2) is 11.6 Å². The highest BCUT2D eigenvalue weighted by Gasteiger charge is 2.18. The van der Waals surface area contributed by atoms with Crippen molar-refractivity contribution in [2.45, 2.75) is 6.92 Å². The second-order valence-corrected chi connectivity index (χ2v) is 5.40. The van der Waals surface area contributed by atoms with Crippen LogP contribution < -0.4 is 10.7 Å². The minimum Gasteiger partial charge on any atom is -0.350 e. The first-order valence-corrected chi connectivity index (χ1v) is 7.53. The summed E-state index contributed by atoms with van der Waals surface area (Å²) < 4.78 is 0. The largest absolute Gasteiger partial charge is 0.350 e. The Labute approximate surface area is 130 Å². The molecule has 1 fully saturated rings. The Morgan fingerprint density at radius 3 is 2.59 bits per heavy atom. The average Bonchev–Trinajstić information content (AvgIpc) is 2.55. The molecule has 0 aliphatic carbocycles. The number of hydrazone groups is 1. The number of piperazine rings is 1. The molecule has 1 heterocycles. The van der Waals surface area contributed by atoms with E-state index < -0.39 is 0 Å². The van der Waals surface area contributed by atoms with Crippen LogP contribution in [0.3, 0.4) is 0 Å². The standard InChI is InChI=1S/C17H20N4O/c1-13(22)17(21-10-8-18-9-11-21)20-19-16-7-6-14-4-2-3-5-15(14)12-16/h2-7,12,18-19H,8-11H2,1H3. The number of carbonyl (C=O) groups is 1. The van der Waals surface area contributed by atoms with E-state index in [1.165, 1.54) is 5.39 Å². The van der Waals surface area contributed by atoms with E-state index in [0.29, 0.717) is 5.84 Å². The fourth-order valence-electron chi connectivity index (χ4n) is 2.63. The third kappa shape index (κ3) is 3.26. The van der Waals surface area contributed by atoms with Crippen LogP contribution in [0, 0.1) is 0 Å². The van der Waals surface area contributed by atoms with E-state index in [1.54, 1.807) is 6.92 Å². The van der Waals surface area contributed by atoms with Crippen LogP contribution in [0.5, 0.6) is 0 Å². The van der Waals surface area contributed by atoms with Crippen LogP contribution in [-0.4, -0.2) is 42.7 Å². The van der Waals surface area contributed by atoms with Gasteiger partial charge in [0, 0.05) is 33.1 Å². The molecule has 0 amide bonds. The van der Waals surface area contributed by atoms with Gasteiger partial charge in [-0.15, -0.1) is 0 Å². The number of Topliss-reactive ketones (excluding diaryl/α,β-unsaturated/α-hetero) is 1. The Bertz CT molecular complexity index is 705. The number of hydrogen-bond acceptors (Lipinski definition) is 4. The number of amidine groups is 1. The van der Waals surface area contributed by atoms with Gasteiger partial charge in [0.1, 0.15) is 0 Å². The third-order valence-electron chi connectivity index (χ3n) is 3.77. The van der Waals surface area contributed by atoms with E-state index in [9.17, 15) is 4.79 Å². The average molecular weight is 296 g/mol. The number of hydrogen-bond donors (Lipinski definition) is 2. The zero-order valence-corrected chi connectivity index (χ0v) is 12.7. The molecule has 1 saturated heterocycles. The second-order valence-electron chi connectivity index (χ2n) is 5.40. The van der Waals surface area contributed by atoms with Gasteiger partial charge in [-0.1, -0.05) is 30.3 Å². The smallest absolute Gasteiger partial charge is 0.196 e. The van der Waals surface area contributed by atoms with Crippen LogP contribution in [0.15, 0.2) is 47.6 Å². The second kappa shape index (κ2) is 6.58. The number of fused-ring (bicyclic) bond motifs is 1. The van der Waals surface area contributed by atoms with Crippen LogP contribution in [0.1, 0.15) is 6.92 Å². The topological polar surface area (TPSA) is 56.7 Å². The van der Waals surface area contributed by atoms with Gasteiger partial charge >= 0.3 is 0 Å². The third-order valence-corrected chi connectivity index (χ3v) is 3.77. The number of nitrogens with zero attached hydrogens (tertiary/aromatic N) is 2. The minimum absolute atomic E-state index is 0.0183. The predicted molar refractivity (Wildman–Crippen MR) is 90.1 cm³/mol. The first kappa shape index (κ1) is 14.5. The van der Waals surface area contributed by atoms with Crippen LogP contribution in [0.2, 0.25) is 0 Å². The monoisotopic (exact) mass is 296 g/mol. The van der Waals surface area contributed by atoms with E-state index >= 15 is 0 Å². The molecule has 1 aliphatic heterocycles. The highest BCUT2D eigenvalue weighted by atomic mass is 16.1. The van der Waals surface area contributed by atoms with E-state index in [-0.39, 0.29) is 5.78 Å². The molecular weight excluding hydrogens is 276 g/mol. The molecule has 5 heteroatoms. The maximum absolute atomic E-state index is 11.8. The molecule has 0 saturated carbocycles. The molecule has 0 spiro atoms. The minimum atomic E-state index is -0.0183. The molecule has 1 aliphatic rings. The van der Waals surface area contributed by atoms with E-state index in [1.807, 2.05) is 35.2 Å². The summed E-state index contributed by atoms with van der Waals surface area (Å²) in [6.45, 7) is 4.92. The molecule has 0 unspecified atom stereocenters. The molecule has 3 rings (SSSR count). The lowest BCUT2D eigenvalue weighted by molar-refractivity contribution is -0.111. The molecule has 0 atom stereocenters. The van der Waals surface area contributed by atoms with Gasteiger partial charge in [0.2, 0.25) is 0 Å². The van der Waals surface area contributed by atoms with Crippen LogP contribution in [0.25, 0.3) is 10.8 Å². The number of rotatable bonds is 3. The SMILES string of the molecule is CC(=O)C(=NNc1ccc2ccccc2c1)N1CCNCC1. The summed E-state index contributed by atoms with van der Waals surface area (Å²) in [4.78, 5) is 13.9. The summed E-state index contributed by atoms with van der Waals surface area (Å²) in [7, 11) is 0. The van der Waals surface area contributed by atoms with Crippen molar-refractivity contribution < 1.29 is 4.79 Å². The Morgan fingerprint density at radius 1 is 1.14 bits per heavy atom. The fraction of sp³-hybridized carbons (Fsp3) is 0.294. The number of benzene rings is 2. The number of carbonyl (C=O) groups excluding carboxylic acids is 1. The first-order chi connectivity index (χ1) is 10.7. The molecule has 2 aromatic rings. The molecule has 114 valence electrons. The van der Waals surface area contributed by atoms with E-state index in [2.05, 4.69) is 28.0 Å². The first-order valence-electron chi connectivity index (χ1n) is 7.53. The lowest BCUT2D eigenvalue weighted by Gasteiger charge is -2.29. The van der Waals surface area contributed by atoms with Crippen molar-refractivity contribution in [3.63, 3.8) is 0 Å². The van der Waals surface area contributed by atoms with Crippen molar-refractivity contribution >= 4 is 28.1 Å². The van der Waals surface area contributed by atoms with Crippen molar-refractivity contribution in [3.8, 4) is 0 Å². The van der Waals surface area contributed by atoms with Crippen molar-refractivity contribution in [2.75, 3.05) is 31.6 Å². The molecule has 0 radical (unpaired) electrons. The summed E-state index contributed by atoms with van der Waals surface area (Å²) >= 11 is 0. The van der Waals surface area contributed by atoms with Crippen molar-refractivity contribution in [3.05, 3.63) is 42.5 Å². The Morgan fingerprint density at radius 2 is 1.86 bits per heavy atom. The van der Waals surface area contributed by atoms with Crippen molar-refractivity contribution in [2.24, 2.45) is 5.10 Å². The highest BCUT2D eigenvalue weighted by molar-refractivity contribution is 6.37. The predicted octanol–water partition coefficient (Wildman–Crippen LogP) is 2.06.